The lowest BCUT2D eigenvalue weighted by atomic mass is 10.1. The van der Waals surface area contributed by atoms with Crippen molar-refractivity contribution in [3.8, 4) is 5.75 Å². The first-order valence-electron chi connectivity index (χ1n) is 4.22. The third kappa shape index (κ3) is 3.80. The molecule has 0 aromatic heterocycles. The van der Waals surface area contributed by atoms with E-state index in [1.807, 2.05) is 0 Å². The number of ether oxygens (including phenoxy) is 1. The predicted octanol–water partition coefficient (Wildman–Crippen LogP) is 3.15. The number of alkyl halides is 2. The van der Waals surface area contributed by atoms with Crippen molar-refractivity contribution in [2.24, 2.45) is 0 Å². The predicted molar refractivity (Wildman–Crippen MR) is 60.6 cm³/mol. The highest BCUT2D eigenvalue weighted by atomic mass is 79.9. The van der Waals surface area contributed by atoms with Gasteiger partial charge in [0, 0.05) is 17.0 Å². The molecule has 1 aromatic carbocycles. The summed E-state index contributed by atoms with van der Waals surface area (Å²) in [5.41, 5.74) is 0.601. The van der Waals surface area contributed by atoms with Crippen LogP contribution in [0.5, 0.6) is 5.75 Å². The van der Waals surface area contributed by atoms with Gasteiger partial charge in [-0.05, 0) is 18.2 Å². The molecule has 0 fully saturated rings. The van der Waals surface area contributed by atoms with Crippen molar-refractivity contribution < 1.29 is 13.9 Å². The van der Waals surface area contributed by atoms with Crippen LogP contribution in [0.2, 0.25) is 5.02 Å². The van der Waals surface area contributed by atoms with Crippen LogP contribution in [-0.4, -0.2) is 18.0 Å². The van der Waals surface area contributed by atoms with Gasteiger partial charge in [0.25, 0.3) is 0 Å². The highest BCUT2D eigenvalue weighted by Gasteiger charge is 2.09. The third-order valence-corrected chi connectivity index (χ3v) is 2.63. The van der Waals surface area contributed by atoms with Crippen molar-refractivity contribution in [1.82, 2.24) is 0 Å². The first-order chi connectivity index (χ1) is 7.17. The maximum absolute atomic E-state index is 12.0. The number of rotatable bonds is 5. The van der Waals surface area contributed by atoms with E-state index in [-0.39, 0.29) is 17.5 Å². The minimum absolute atomic E-state index is 0.0130. The van der Waals surface area contributed by atoms with Crippen LogP contribution in [0.1, 0.15) is 5.56 Å². The van der Waals surface area contributed by atoms with Crippen LogP contribution in [0, 0.1) is 0 Å². The molecule has 1 rings (SSSR count). The first-order valence-corrected chi connectivity index (χ1v) is 5.72. The summed E-state index contributed by atoms with van der Waals surface area (Å²) in [7, 11) is 0. The van der Waals surface area contributed by atoms with E-state index in [4.69, 9.17) is 16.3 Å². The molecule has 0 saturated carbocycles. The molecular formula is C10H9BrClFO2. The molecule has 0 N–H and O–H groups in total. The molecular weight excluding hydrogens is 286 g/mol. The second-order valence-electron chi connectivity index (χ2n) is 2.85. The lowest BCUT2D eigenvalue weighted by Crippen LogP contribution is -2.05. The van der Waals surface area contributed by atoms with Gasteiger partial charge in [-0.1, -0.05) is 27.5 Å². The van der Waals surface area contributed by atoms with E-state index >= 15 is 0 Å². The fraction of sp³-hybridized carbons (Fsp3) is 0.300. The van der Waals surface area contributed by atoms with E-state index < -0.39 is 6.86 Å². The molecule has 0 bridgehead atoms. The van der Waals surface area contributed by atoms with E-state index in [0.29, 0.717) is 16.3 Å². The fourth-order valence-corrected chi connectivity index (χ4v) is 1.54. The lowest BCUT2D eigenvalue weighted by molar-refractivity contribution is -0.115. The quantitative estimate of drug-likeness (QED) is 0.780. The van der Waals surface area contributed by atoms with Gasteiger partial charge in [0.05, 0.1) is 5.33 Å². The maximum atomic E-state index is 12.0. The summed E-state index contributed by atoms with van der Waals surface area (Å²) in [5, 5.41) is 0.757. The molecule has 0 atom stereocenters. The number of Topliss-reactive ketones (excluding diaryl/α,β-unsaturated/α-hetero) is 1. The summed E-state index contributed by atoms with van der Waals surface area (Å²) in [4.78, 5) is 11.2. The average molecular weight is 296 g/mol. The van der Waals surface area contributed by atoms with Crippen molar-refractivity contribution in [1.29, 1.82) is 0 Å². The van der Waals surface area contributed by atoms with E-state index in [1.54, 1.807) is 18.2 Å². The molecule has 0 aliphatic carbocycles. The zero-order valence-corrected chi connectivity index (χ0v) is 10.1. The molecule has 82 valence electrons. The summed E-state index contributed by atoms with van der Waals surface area (Å²) < 4.78 is 16.8. The normalized spacial score (nSPS) is 10.1. The van der Waals surface area contributed by atoms with Gasteiger partial charge in [-0.3, -0.25) is 4.79 Å². The fourth-order valence-electron chi connectivity index (χ4n) is 1.15. The number of halogens is 3. The van der Waals surface area contributed by atoms with E-state index in [9.17, 15) is 9.18 Å². The topological polar surface area (TPSA) is 26.3 Å². The van der Waals surface area contributed by atoms with Crippen LogP contribution in [0.3, 0.4) is 0 Å². The highest BCUT2D eigenvalue weighted by Crippen LogP contribution is 2.23. The number of hydrogen-bond donors (Lipinski definition) is 0. The monoisotopic (exact) mass is 294 g/mol. The Morgan fingerprint density at radius 1 is 1.53 bits per heavy atom. The Balaban J connectivity index is 2.91. The molecule has 1 aromatic rings. The molecule has 0 unspecified atom stereocenters. The first kappa shape index (κ1) is 12.5. The number of hydrogen-bond acceptors (Lipinski definition) is 2. The van der Waals surface area contributed by atoms with Crippen LogP contribution in [0.15, 0.2) is 18.2 Å². The van der Waals surface area contributed by atoms with Gasteiger partial charge >= 0.3 is 0 Å². The van der Waals surface area contributed by atoms with Crippen LogP contribution >= 0.6 is 27.5 Å². The molecule has 0 saturated heterocycles. The van der Waals surface area contributed by atoms with Gasteiger partial charge in [-0.25, -0.2) is 4.39 Å². The molecule has 0 spiro atoms. The van der Waals surface area contributed by atoms with Crippen molar-refractivity contribution >= 4 is 33.3 Å². The maximum Gasteiger partial charge on any atom is 0.228 e. The third-order valence-electron chi connectivity index (χ3n) is 1.77. The summed E-state index contributed by atoms with van der Waals surface area (Å²) in [6, 6.07) is 4.75. The van der Waals surface area contributed by atoms with Gasteiger partial charge < -0.3 is 4.74 Å². The van der Waals surface area contributed by atoms with Gasteiger partial charge in [-0.15, -0.1) is 0 Å². The van der Waals surface area contributed by atoms with Crippen molar-refractivity contribution in [3.63, 3.8) is 0 Å². The van der Waals surface area contributed by atoms with Crippen molar-refractivity contribution in [2.75, 3.05) is 12.2 Å². The molecule has 5 heteroatoms. The second-order valence-corrected chi connectivity index (χ2v) is 3.85. The SMILES string of the molecule is O=C(CBr)Cc1cc(Cl)ccc1OCF. The number of carbonyl (C=O) groups is 1. The van der Waals surface area contributed by atoms with Crippen LogP contribution < -0.4 is 4.74 Å². The molecule has 0 aliphatic rings. The smallest absolute Gasteiger partial charge is 0.228 e. The number of benzene rings is 1. The Morgan fingerprint density at radius 3 is 2.87 bits per heavy atom. The van der Waals surface area contributed by atoms with Gasteiger partial charge in [0.15, 0.2) is 0 Å². The molecule has 0 aliphatic heterocycles. The molecule has 0 radical (unpaired) electrons. The molecule has 0 amide bonds. The summed E-state index contributed by atoms with van der Waals surface area (Å²) in [6.07, 6.45) is 0.182. The largest absolute Gasteiger partial charge is 0.463 e. The van der Waals surface area contributed by atoms with Gasteiger partial charge in [-0.2, -0.15) is 0 Å². The van der Waals surface area contributed by atoms with Crippen LogP contribution in [0.25, 0.3) is 0 Å². The van der Waals surface area contributed by atoms with Crippen LogP contribution in [-0.2, 0) is 11.2 Å². The zero-order valence-electron chi connectivity index (χ0n) is 7.80. The minimum Gasteiger partial charge on any atom is -0.463 e. The minimum atomic E-state index is -0.920. The van der Waals surface area contributed by atoms with Crippen molar-refractivity contribution in [3.05, 3.63) is 28.8 Å². The Morgan fingerprint density at radius 2 is 2.27 bits per heavy atom. The van der Waals surface area contributed by atoms with E-state index in [1.165, 1.54) is 0 Å². The Hall–Kier alpha value is -0.610. The number of ketones is 1. The standard InChI is InChI=1S/C10H9BrClFO2/c11-5-9(14)4-7-3-8(12)1-2-10(7)15-6-13/h1-3H,4-6H2. The lowest BCUT2D eigenvalue weighted by Gasteiger charge is -2.08. The van der Waals surface area contributed by atoms with Crippen molar-refractivity contribution in [2.45, 2.75) is 6.42 Å². The summed E-state index contributed by atoms with van der Waals surface area (Å²) in [5.74, 6) is 0.345. The molecule has 2 nitrogen and oxygen atoms in total. The van der Waals surface area contributed by atoms with Gasteiger partial charge in [0.2, 0.25) is 6.86 Å². The second kappa shape index (κ2) is 6.08. The Bertz CT molecular complexity index is 357. The average Bonchev–Trinajstić information content (AvgIpc) is 2.22. The Kier molecular flexibility index (Phi) is 5.05. The summed E-state index contributed by atoms with van der Waals surface area (Å²) >= 11 is 8.83. The van der Waals surface area contributed by atoms with E-state index in [0.717, 1.165) is 0 Å². The number of carbonyl (C=O) groups excluding carboxylic acids is 1. The highest BCUT2D eigenvalue weighted by molar-refractivity contribution is 9.09. The van der Waals surface area contributed by atoms with Gasteiger partial charge in [0.1, 0.15) is 11.5 Å². The molecule has 15 heavy (non-hydrogen) atoms. The molecule has 0 heterocycles. The van der Waals surface area contributed by atoms with E-state index in [2.05, 4.69) is 15.9 Å². The zero-order chi connectivity index (χ0) is 11.3. The van der Waals surface area contributed by atoms with Crippen LogP contribution in [0.4, 0.5) is 4.39 Å². The Labute approximate surface area is 101 Å². The summed E-state index contributed by atoms with van der Waals surface area (Å²) in [6.45, 7) is -0.920.